The lowest BCUT2D eigenvalue weighted by atomic mass is 10.2. The van der Waals surface area contributed by atoms with Gasteiger partial charge in [0.2, 0.25) is 5.91 Å². The van der Waals surface area contributed by atoms with Gasteiger partial charge in [-0.15, -0.1) is 0 Å². The number of fused-ring (bicyclic) bond motifs is 1. The SMILES string of the molecule is CC(O)CCC(=O)Nc1ccc2c(c1)OCCCO2. The average molecular weight is 265 g/mol. The molecule has 1 aromatic carbocycles. The Morgan fingerprint density at radius 1 is 1.37 bits per heavy atom. The van der Waals surface area contributed by atoms with Gasteiger partial charge in [0.25, 0.3) is 0 Å². The van der Waals surface area contributed by atoms with Crippen LogP contribution in [0.4, 0.5) is 5.69 Å². The molecule has 2 rings (SSSR count). The van der Waals surface area contributed by atoms with E-state index in [9.17, 15) is 4.79 Å². The van der Waals surface area contributed by atoms with Crippen LogP contribution in [0.2, 0.25) is 0 Å². The van der Waals surface area contributed by atoms with Crippen LogP contribution in [0.1, 0.15) is 26.2 Å². The second kappa shape index (κ2) is 6.43. The van der Waals surface area contributed by atoms with Crippen molar-refractivity contribution in [3.63, 3.8) is 0 Å². The molecule has 1 aliphatic heterocycles. The molecule has 0 fully saturated rings. The lowest BCUT2D eigenvalue weighted by molar-refractivity contribution is -0.116. The van der Waals surface area contributed by atoms with Crippen molar-refractivity contribution in [3.05, 3.63) is 18.2 Å². The monoisotopic (exact) mass is 265 g/mol. The Bertz CT molecular complexity index is 445. The largest absolute Gasteiger partial charge is 0.490 e. The predicted octanol–water partition coefficient (Wildman–Crippen LogP) is 1.95. The zero-order valence-electron chi connectivity index (χ0n) is 11.0. The van der Waals surface area contributed by atoms with E-state index in [1.165, 1.54) is 0 Å². The summed E-state index contributed by atoms with van der Waals surface area (Å²) >= 11 is 0. The number of aliphatic hydroxyl groups is 1. The van der Waals surface area contributed by atoms with Gasteiger partial charge >= 0.3 is 0 Å². The summed E-state index contributed by atoms with van der Waals surface area (Å²) in [7, 11) is 0. The van der Waals surface area contributed by atoms with Gasteiger partial charge < -0.3 is 19.9 Å². The summed E-state index contributed by atoms with van der Waals surface area (Å²) in [5.74, 6) is 1.25. The van der Waals surface area contributed by atoms with Crippen molar-refractivity contribution in [1.82, 2.24) is 0 Å². The maximum atomic E-state index is 11.7. The molecule has 1 unspecified atom stereocenters. The van der Waals surface area contributed by atoms with E-state index in [2.05, 4.69) is 5.32 Å². The van der Waals surface area contributed by atoms with Gasteiger partial charge in [-0.05, 0) is 25.5 Å². The Kier molecular flexibility index (Phi) is 4.63. The molecule has 5 heteroatoms. The molecular formula is C14H19NO4. The Balaban J connectivity index is 1.97. The average Bonchev–Trinajstić information content (AvgIpc) is 2.61. The second-order valence-electron chi connectivity index (χ2n) is 4.65. The highest BCUT2D eigenvalue weighted by Crippen LogP contribution is 2.32. The van der Waals surface area contributed by atoms with Crippen molar-refractivity contribution < 1.29 is 19.4 Å². The van der Waals surface area contributed by atoms with Crippen LogP contribution in [0.25, 0.3) is 0 Å². The standard InChI is InChI=1S/C14H19NO4/c1-10(16)3-6-14(17)15-11-4-5-12-13(9-11)19-8-2-7-18-12/h4-5,9-10,16H,2-3,6-8H2,1H3,(H,15,17). The summed E-state index contributed by atoms with van der Waals surface area (Å²) in [5, 5.41) is 11.9. The van der Waals surface area contributed by atoms with Crippen molar-refractivity contribution in [1.29, 1.82) is 0 Å². The Morgan fingerprint density at radius 3 is 2.84 bits per heavy atom. The van der Waals surface area contributed by atoms with E-state index in [4.69, 9.17) is 14.6 Å². The fourth-order valence-corrected chi connectivity index (χ4v) is 1.80. The van der Waals surface area contributed by atoms with Gasteiger partial charge in [0.1, 0.15) is 0 Å². The molecule has 2 N–H and O–H groups in total. The minimum atomic E-state index is -0.463. The van der Waals surface area contributed by atoms with Gasteiger partial charge in [-0.3, -0.25) is 4.79 Å². The first kappa shape index (κ1) is 13.7. The summed E-state index contributed by atoms with van der Waals surface area (Å²) in [6.07, 6.45) is 1.14. The van der Waals surface area contributed by atoms with Crippen LogP contribution in [0.5, 0.6) is 11.5 Å². The maximum Gasteiger partial charge on any atom is 0.224 e. The number of rotatable bonds is 4. The third-order valence-electron chi connectivity index (χ3n) is 2.82. The molecular weight excluding hydrogens is 246 g/mol. The van der Waals surface area contributed by atoms with Gasteiger partial charge in [0.15, 0.2) is 11.5 Å². The number of hydrogen-bond donors (Lipinski definition) is 2. The van der Waals surface area contributed by atoms with Gasteiger partial charge in [0.05, 0.1) is 19.3 Å². The summed E-state index contributed by atoms with van der Waals surface area (Å²) in [4.78, 5) is 11.7. The van der Waals surface area contributed by atoms with Gasteiger partial charge in [-0.1, -0.05) is 0 Å². The van der Waals surface area contributed by atoms with Gasteiger partial charge in [-0.2, -0.15) is 0 Å². The normalized spacial score (nSPS) is 15.5. The maximum absolute atomic E-state index is 11.7. The van der Waals surface area contributed by atoms with Crippen LogP contribution in [-0.4, -0.2) is 30.3 Å². The number of nitrogens with one attached hydrogen (secondary N) is 1. The zero-order chi connectivity index (χ0) is 13.7. The first-order valence-corrected chi connectivity index (χ1v) is 6.53. The third kappa shape index (κ3) is 4.13. The van der Waals surface area contributed by atoms with Gasteiger partial charge in [0, 0.05) is 24.6 Å². The molecule has 1 aliphatic rings. The Hall–Kier alpha value is -1.75. The van der Waals surface area contributed by atoms with E-state index in [1.54, 1.807) is 25.1 Å². The summed E-state index contributed by atoms with van der Waals surface area (Å²) in [5.41, 5.74) is 0.680. The molecule has 1 atom stereocenters. The van der Waals surface area contributed by atoms with E-state index in [0.29, 0.717) is 43.2 Å². The quantitative estimate of drug-likeness (QED) is 0.873. The fraction of sp³-hybridized carbons (Fsp3) is 0.500. The molecule has 5 nitrogen and oxygen atoms in total. The topological polar surface area (TPSA) is 67.8 Å². The summed E-state index contributed by atoms with van der Waals surface area (Å²) < 4.78 is 11.1. The van der Waals surface area contributed by atoms with Crippen LogP contribution in [-0.2, 0) is 4.79 Å². The molecule has 104 valence electrons. The number of carbonyl (C=O) groups excluding carboxylic acids is 1. The van der Waals surface area contributed by atoms with Crippen LogP contribution in [0.3, 0.4) is 0 Å². The van der Waals surface area contributed by atoms with Crippen LogP contribution >= 0.6 is 0 Å². The Morgan fingerprint density at radius 2 is 2.11 bits per heavy atom. The smallest absolute Gasteiger partial charge is 0.224 e. The molecule has 0 aromatic heterocycles. The zero-order valence-corrected chi connectivity index (χ0v) is 11.0. The summed E-state index contributed by atoms with van der Waals surface area (Å²) in [6.45, 7) is 2.93. The van der Waals surface area contributed by atoms with E-state index >= 15 is 0 Å². The Labute approximate surface area is 112 Å². The number of carbonyl (C=O) groups is 1. The molecule has 0 radical (unpaired) electrons. The number of benzene rings is 1. The van der Waals surface area contributed by atoms with E-state index in [0.717, 1.165) is 6.42 Å². The highest BCUT2D eigenvalue weighted by molar-refractivity contribution is 5.91. The summed E-state index contributed by atoms with van der Waals surface area (Å²) in [6, 6.07) is 5.35. The highest BCUT2D eigenvalue weighted by atomic mass is 16.5. The molecule has 1 amide bonds. The molecule has 1 heterocycles. The number of anilines is 1. The first-order valence-electron chi connectivity index (χ1n) is 6.53. The van der Waals surface area contributed by atoms with Crippen LogP contribution in [0, 0.1) is 0 Å². The molecule has 0 spiro atoms. The van der Waals surface area contributed by atoms with Crippen molar-refractivity contribution in [3.8, 4) is 11.5 Å². The van der Waals surface area contributed by atoms with Gasteiger partial charge in [-0.25, -0.2) is 0 Å². The number of hydrogen-bond acceptors (Lipinski definition) is 4. The lowest BCUT2D eigenvalue weighted by Crippen LogP contribution is -2.14. The van der Waals surface area contributed by atoms with E-state index < -0.39 is 6.10 Å². The number of aliphatic hydroxyl groups excluding tert-OH is 1. The molecule has 0 saturated heterocycles. The molecule has 0 saturated carbocycles. The van der Waals surface area contributed by atoms with Crippen molar-refractivity contribution in [2.75, 3.05) is 18.5 Å². The number of amides is 1. The second-order valence-corrected chi connectivity index (χ2v) is 4.65. The highest BCUT2D eigenvalue weighted by Gasteiger charge is 2.12. The van der Waals surface area contributed by atoms with E-state index in [1.807, 2.05) is 0 Å². The fourth-order valence-electron chi connectivity index (χ4n) is 1.80. The minimum Gasteiger partial charge on any atom is -0.490 e. The van der Waals surface area contributed by atoms with Crippen LogP contribution < -0.4 is 14.8 Å². The molecule has 19 heavy (non-hydrogen) atoms. The lowest BCUT2D eigenvalue weighted by Gasteiger charge is -2.10. The van der Waals surface area contributed by atoms with Crippen LogP contribution in [0.15, 0.2) is 18.2 Å². The van der Waals surface area contributed by atoms with Crippen molar-refractivity contribution in [2.24, 2.45) is 0 Å². The third-order valence-corrected chi connectivity index (χ3v) is 2.82. The predicted molar refractivity (Wildman–Crippen MR) is 71.6 cm³/mol. The molecule has 1 aromatic rings. The van der Waals surface area contributed by atoms with Crippen molar-refractivity contribution in [2.45, 2.75) is 32.3 Å². The first-order chi connectivity index (χ1) is 9.15. The molecule has 0 aliphatic carbocycles. The minimum absolute atomic E-state index is 0.115. The molecule has 0 bridgehead atoms. The van der Waals surface area contributed by atoms with E-state index in [-0.39, 0.29) is 5.91 Å². The van der Waals surface area contributed by atoms with Crippen molar-refractivity contribution >= 4 is 11.6 Å². The number of ether oxygens (including phenoxy) is 2.